The van der Waals surface area contributed by atoms with Gasteiger partial charge in [0, 0.05) is 12.1 Å². The first-order chi connectivity index (χ1) is 7.95. The van der Waals surface area contributed by atoms with E-state index in [4.69, 9.17) is 4.74 Å². The van der Waals surface area contributed by atoms with Crippen LogP contribution in [0.15, 0.2) is 0 Å². The molecule has 0 bridgehead atoms. The first-order valence-electron chi connectivity index (χ1n) is 6.61. The minimum atomic E-state index is -0.292. The Morgan fingerprint density at radius 1 is 1.12 bits per heavy atom. The van der Waals surface area contributed by atoms with E-state index in [1.165, 1.54) is 0 Å². The molecule has 0 aromatic rings. The van der Waals surface area contributed by atoms with Gasteiger partial charge in [0.2, 0.25) is 0 Å². The zero-order valence-electron chi connectivity index (χ0n) is 11.8. The number of alkyl carbamates (subject to hydrolysis) is 1. The lowest BCUT2D eigenvalue weighted by Crippen LogP contribution is -2.36. The molecule has 0 rings (SSSR count). The Hall–Kier alpha value is -0.770. The summed E-state index contributed by atoms with van der Waals surface area (Å²) in [5.41, 5.74) is 0.197. The van der Waals surface area contributed by atoms with E-state index in [2.05, 4.69) is 31.4 Å². The third-order valence-corrected chi connectivity index (χ3v) is 2.22. The van der Waals surface area contributed by atoms with Crippen LogP contribution >= 0.6 is 0 Å². The van der Waals surface area contributed by atoms with Gasteiger partial charge in [0.15, 0.2) is 0 Å². The van der Waals surface area contributed by atoms with Gasteiger partial charge < -0.3 is 15.4 Å². The highest BCUT2D eigenvalue weighted by Gasteiger charge is 2.06. The lowest BCUT2D eigenvalue weighted by atomic mass is 10.1. The average Bonchev–Trinajstić information content (AvgIpc) is 2.23. The number of nitrogens with one attached hydrogen (secondary N) is 2. The summed E-state index contributed by atoms with van der Waals surface area (Å²) in [5, 5.41) is 6.18. The maximum atomic E-state index is 11.1. The minimum Gasteiger partial charge on any atom is -0.450 e. The van der Waals surface area contributed by atoms with Crippen LogP contribution in [0, 0.1) is 0 Å². The Morgan fingerprint density at radius 3 is 2.35 bits per heavy atom. The van der Waals surface area contributed by atoms with Crippen molar-refractivity contribution in [3.8, 4) is 0 Å². The Morgan fingerprint density at radius 2 is 1.76 bits per heavy atom. The molecule has 0 aliphatic heterocycles. The summed E-state index contributed by atoms with van der Waals surface area (Å²) in [6.45, 7) is 10.7. The number of unbranched alkanes of at least 4 members (excludes halogenated alkanes) is 2. The molecule has 0 atom stereocenters. The van der Waals surface area contributed by atoms with E-state index in [-0.39, 0.29) is 11.6 Å². The van der Waals surface area contributed by atoms with Gasteiger partial charge in [-0.1, -0.05) is 13.3 Å². The van der Waals surface area contributed by atoms with Gasteiger partial charge in [-0.15, -0.1) is 0 Å². The number of amides is 1. The van der Waals surface area contributed by atoms with Gasteiger partial charge >= 0.3 is 6.09 Å². The molecule has 0 unspecified atom stereocenters. The summed E-state index contributed by atoms with van der Waals surface area (Å²) < 4.78 is 4.90. The molecule has 0 aliphatic rings. The molecular weight excluding hydrogens is 216 g/mol. The average molecular weight is 244 g/mol. The fourth-order valence-electron chi connectivity index (χ4n) is 1.33. The van der Waals surface area contributed by atoms with Crippen LogP contribution in [0.1, 0.15) is 53.4 Å². The van der Waals surface area contributed by atoms with Crippen molar-refractivity contribution in [3.63, 3.8) is 0 Å². The fraction of sp³-hybridized carbons (Fsp3) is 0.923. The second-order valence-electron chi connectivity index (χ2n) is 5.30. The quantitative estimate of drug-likeness (QED) is 0.645. The molecule has 0 saturated carbocycles. The summed E-state index contributed by atoms with van der Waals surface area (Å²) in [7, 11) is 0. The van der Waals surface area contributed by atoms with Gasteiger partial charge in [-0.25, -0.2) is 4.79 Å². The summed E-state index contributed by atoms with van der Waals surface area (Å²) in [4.78, 5) is 11.1. The van der Waals surface area contributed by atoms with E-state index in [0.29, 0.717) is 13.2 Å². The van der Waals surface area contributed by atoms with Crippen molar-refractivity contribution in [1.29, 1.82) is 0 Å². The Labute approximate surface area is 105 Å². The standard InChI is InChI=1S/C13H28N2O2/c1-5-11-17-12(16)14-9-7-6-8-10-15-13(2,3)4/h15H,5-11H2,1-4H3,(H,14,16). The molecular formula is C13H28N2O2. The summed E-state index contributed by atoms with van der Waals surface area (Å²) >= 11 is 0. The summed E-state index contributed by atoms with van der Waals surface area (Å²) in [6, 6.07) is 0. The lowest BCUT2D eigenvalue weighted by Gasteiger charge is -2.20. The van der Waals surface area contributed by atoms with Crippen LogP contribution in [0.5, 0.6) is 0 Å². The number of carbonyl (C=O) groups is 1. The molecule has 0 aliphatic carbocycles. The molecule has 2 N–H and O–H groups in total. The van der Waals surface area contributed by atoms with Gasteiger partial charge in [-0.2, -0.15) is 0 Å². The highest BCUT2D eigenvalue weighted by Crippen LogP contribution is 2.00. The first-order valence-corrected chi connectivity index (χ1v) is 6.61. The molecule has 0 aromatic heterocycles. The van der Waals surface area contributed by atoms with Gasteiger partial charge in [-0.3, -0.25) is 0 Å². The molecule has 17 heavy (non-hydrogen) atoms. The van der Waals surface area contributed by atoms with E-state index in [9.17, 15) is 4.79 Å². The van der Waals surface area contributed by atoms with Crippen LogP contribution in [0.2, 0.25) is 0 Å². The lowest BCUT2D eigenvalue weighted by molar-refractivity contribution is 0.146. The maximum Gasteiger partial charge on any atom is 0.407 e. The molecule has 0 fully saturated rings. The summed E-state index contributed by atoms with van der Waals surface area (Å²) in [5.74, 6) is 0. The van der Waals surface area contributed by atoms with Gasteiger partial charge in [0.1, 0.15) is 0 Å². The van der Waals surface area contributed by atoms with Gasteiger partial charge in [0.25, 0.3) is 0 Å². The molecule has 0 aromatic carbocycles. The Bertz CT molecular complexity index is 200. The van der Waals surface area contributed by atoms with Crippen LogP contribution < -0.4 is 10.6 Å². The second-order valence-corrected chi connectivity index (χ2v) is 5.30. The molecule has 4 nitrogen and oxygen atoms in total. The molecule has 0 saturated heterocycles. The van der Waals surface area contributed by atoms with Crippen molar-refractivity contribution >= 4 is 6.09 Å². The van der Waals surface area contributed by atoms with Crippen molar-refractivity contribution in [1.82, 2.24) is 10.6 Å². The molecule has 0 radical (unpaired) electrons. The normalized spacial score (nSPS) is 11.3. The topological polar surface area (TPSA) is 50.4 Å². The van der Waals surface area contributed by atoms with E-state index in [1.807, 2.05) is 6.92 Å². The van der Waals surface area contributed by atoms with Crippen LogP contribution in [0.3, 0.4) is 0 Å². The largest absolute Gasteiger partial charge is 0.450 e. The monoisotopic (exact) mass is 244 g/mol. The molecule has 0 heterocycles. The number of carbonyl (C=O) groups excluding carboxylic acids is 1. The van der Waals surface area contributed by atoms with E-state index in [1.54, 1.807) is 0 Å². The highest BCUT2D eigenvalue weighted by molar-refractivity contribution is 5.66. The number of rotatable bonds is 8. The molecule has 0 spiro atoms. The summed E-state index contributed by atoms with van der Waals surface area (Å²) in [6.07, 6.45) is 3.85. The van der Waals surface area contributed by atoms with Crippen molar-refractivity contribution in [2.75, 3.05) is 19.7 Å². The Balaban J connectivity index is 3.21. The second kappa shape index (κ2) is 9.28. The van der Waals surface area contributed by atoms with E-state index >= 15 is 0 Å². The third kappa shape index (κ3) is 13.2. The zero-order valence-corrected chi connectivity index (χ0v) is 11.8. The van der Waals surface area contributed by atoms with Crippen molar-refractivity contribution in [2.45, 2.75) is 58.9 Å². The first kappa shape index (κ1) is 16.2. The van der Waals surface area contributed by atoms with Crippen LogP contribution in [-0.4, -0.2) is 31.3 Å². The molecule has 4 heteroatoms. The number of hydrogen-bond donors (Lipinski definition) is 2. The smallest absolute Gasteiger partial charge is 0.407 e. The highest BCUT2D eigenvalue weighted by atomic mass is 16.5. The minimum absolute atomic E-state index is 0.197. The number of hydrogen-bond acceptors (Lipinski definition) is 3. The SMILES string of the molecule is CCCOC(=O)NCCCCCNC(C)(C)C. The van der Waals surface area contributed by atoms with Crippen LogP contribution in [0.4, 0.5) is 4.79 Å². The third-order valence-electron chi connectivity index (χ3n) is 2.22. The zero-order chi connectivity index (χ0) is 13.1. The number of ether oxygens (including phenoxy) is 1. The van der Waals surface area contributed by atoms with Crippen molar-refractivity contribution < 1.29 is 9.53 Å². The van der Waals surface area contributed by atoms with Crippen molar-refractivity contribution in [3.05, 3.63) is 0 Å². The maximum absolute atomic E-state index is 11.1. The predicted octanol–water partition coefficient (Wildman–Crippen LogP) is 2.68. The molecule has 102 valence electrons. The molecule has 1 amide bonds. The van der Waals surface area contributed by atoms with Crippen molar-refractivity contribution in [2.24, 2.45) is 0 Å². The Kier molecular flexibility index (Phi) is 8.86. The fourth-order valence-corrected chi connectivity index (χ4v) is 1.33. The van der Waals surface area contributed by atoms with Gasteiger partial charge in [0.05, 0.1) is 6.61 Å². The van der Waals surface area contributed by atoms with Gasteiger partial charge in [-0.05, 0) is 46.6 Å². The van der Waals surface area contributed by atoms with E-state index in [0.717, 1.165) is 32.2 Å². The van der Waals surface area contributed by atoms with Crippen LogP contribution in [0.25, 0.3) is 0 Å². The van der Waals surface area contributed by atoms with Crippen LogP contribution in [-0.2, 0) is 4.74 Å². The van der Waals surface area contributed by atoms with E-state index < -0.39 is 0 Å². The predicted molar refractivity (Wildman–Crippen MR) is 71.2 cm³/mol.